The van der Waals surface area contributed by atoms with Crippen LogP contribution in [-0.2, 0) is 21.2 Å². The van der Waals surface area contributed by atoms with Crippen molar-refractivity contribution in [2.24, 2.45) is 0 Å². The Bertz CT molecular complexity index is 966. The van der Waals surface area contributed by atoms with Gasteiger partial charge in [0.1, 0.15) is 11.4 Å². The third-order valence-electron chi connectivity index (χ3n) is 4.39. The van der Waals surface area contributed by atoms with Gasteiger partial charge in [0.2, 0.25) is 0 Å². The molecule has 27 heavy (non-hydrogen) atoms. The quantitative estimate of drug-likeness (QED) is 0.787. The van der Waals surface area contributed by atoms with E-state index in [1.165, 1.54) is 18.2 Å². The number of hydrogen-bond donors (Lipinski definition) is 1. The summed E-state index contributed by atoms with van der Waals surface area (Å²) in [5.41, 5.74) is 0.956. The van der Waals surface area contributed by atoms with Crippen molar-refractivity contribution in [3.05, 3.63) is 53.6 Å². The molecule has 0 spiro atoms. The van der Waals surface area contributed by atoms with Gasteiger partial charge < -0.3 is 9.47 Å². The zero-order chi connectivity index (χ0) is 19.7. The Morgan fingerprint density at radius 3 is 2.70 bits per heavy atom. The average Bonchev–Trinajstić information content (AvgIpc) is 2.61. The van der Waals surface area contributed by atoms with Crippen molar-refractivity contribution in [2.45, 2.75) is 44.1 Å². The molecule has 3 rings (SSSR count). The maximum absolute atomic E-state index is 12.8. The molecule has 0 saturated carbocycles. The minimum atomic E-state index is -3.86. The third-order valence-corrected chi connectivity index (χ3v) is 5.75. The van der Waals surface area contributed by atoms with E-state index in [2.05, 4.69) is 4.72 Å². The Morgan fingerprint density at radius 1 is 1.22 bits per heavy atom. The molecule has 0 aliphatic carbocycles. The van der Waals surface area contributed by atoms with Crippen LogP contribution in [0.4, 0.5) is 5.69 Å². The predicted molar refractivity (Wildman–Crippen MR) is 103 cm³/mol. The van der Waals surface area contributed by atoms with Gasteiger partial charge in [-0.15, -0.1) is 0 Å². The van der Waals surface area contributed by atoms with Crippen LogP contribution < -0.4 is 9.46 Å². The number of hydrogen-bond acceptors (Lipinski definition) is 5. The molecule has 2 aromatic rings. The molecule has 0 unspecified atom stereocenters. The molecule has 7 heteroatoms. The molecule has 6 nitrogen and oxygen atoms in total. The van der Waals surface area contributed by atoms with Crippen LogP contribution >= 0.6 is 0 Å². The van der Waals surface area contributed by atoms with E-state index >= 15 is 0 Å². The lowest BCUT2D eigenvalue weighted by molar-refractivity contribution is 0.0527. The maximum atomic E-state index is 12.8. The lowest BCUT2D eigenvalue weighted by atomic mass is 9.94. The van der Waals surface area contributed by atoms with E-state index in [0.29, 0.717) is 5.75 Å². The molecular weight excluding hydrogens is 366 g/mol. The zero-order valence-corrected chi connectivity index (χ0v) is 16.4. The molecule has 1 aliphatic rings. The number of benzene rings is 2. The largest absolute Gasteiger partial charge is 0.488 e. The van der Waals surface area contributed by atoms with Crippen molar-refractivity contribution < 1.29 is 22.7 Å². The Balaban J connectivity index is 1.90. The van der Waals surface area contributed by atoms with Gasteiger partial charge in [-0.05, 0) is 69.5 Å². The highest BCUT2D eigenvalue weighted by molar-refractivity contribution is 7.92. The van der Waals surface area contributed by atoms with E-state index in [-0.39, 0.29) is 28.4 Å². The van der Waals surface area contributed by atoms with Crippen LogP contribution in [0.1, 0.15) is 43.1 Å². The van der Waals surface area contributed by atoms with Crippen molar-refractivity contribution in [1.82, 2.24) is 0 Å². The fourth-order valence-corrected chi connectivity index (χ4v) is 4.09. The molecule has 0 atom stereocenters. The van der Waals surface area contributed by atoms with Crippen LogP contribution in [0, 0.1) is 0 Å². The summed E-state index contributed by atoms with van der Waals surface area (Å²) in [6.07, 6.45) is 1.55. The zero-order valence-electron chi connectivity index (χ0n) is 15.6. The standard InChI is InChI=1S/C20H23NO5S/c1-4-25-19(22)16-7-5-6-8-17(16)21-27(23,24)15-9-10-18-14(13-15)11-12-20(2,3)26-18/h5-10,13,21H,4,11-12H2,1-3H3. The van der Waals surface area contributed by atoms with E-state index in [4.69, 9.17) is 9.47 Å². The predicted octanol–water partition coefficient (Wildman–Crippen LogP) is 3.77. The number of carbonyl (C=O) groups excluding carboxylic acids is 1. The van der Waals surface area contributed by atoms with Gasteiger partial charge in [0.15, 0.2) is 0 Å². The fraction of sp³-hybridized carbons (Fsp3) is 0.350. The lowest BCUT2D eigenvalue weighted by Crippen LogP contribution is -2.32. The second-order valence-electron chi connectivity index (χ2n) is 7.00. The van der Waals surface area contributed by atoms with Crippen molar-refractivity contribution in [2.75, 3.05) is 11.3 Å². The molecule has 1 N–H and O–H groups in total. The summed E-state index contributed by atoms with van der Waals surface area (Å²) in [4.78, 5) is 12.2. The molecule has 0 radical (unpaired) electrons. The number of carbonyl (C=O) groups is 1. The van der Waals surface area contributed by atoms with Gasteiger partial charge in [0.25, 0.3) is 10.0 Å². The summed E-state index contributed by atoms with van der Waals surface area (Å²) >= 11 is 0. The summed E-state index contributed by atoms with van der Waals surface area (Å²) in [5.74, 6) is 0.133. The van der Waals surface area contributed by atoms with Gasteiger partial charge in [0, 0.05) is 0 Å². The molecule has 0 aromatic heterocycles. The van der Waals surface area contributed by atoms with E-state index in [1.54, 1.807) is 31.2 Å². The Labute approximate surface area is 159 Å². The van der Waals surface area contributed by atoms with Crippen LogP contribution in [0.15, 0.2) is 47.4 Å². The van der Waals surface area contributed by atoms with Gasteiger partial charge in [-0.3, -0.25) is 4.72 Å². The lowest BCUT2D eigenvalue weighted by Gasteiger charge is -2.32. The molecule has 1 aliphatic heterocycles. The molecule has 0 bridgehead atoms. The first-order chi connectivity index (χ1) is 12.7. The average molecular weight is 389 g/mol. The van der Waals surface area contributed by atoms with Crippen molar-refractivity contribution in [1.29, 1.82) is 0 Å². The number of ether oxygens (including phenoxy) is 2. The Hall–Kier alpha value is -2.54. The van der Waals surface area contributed by atoms with Crippen LogP contribution in [0.2, 0.25) is 0 Å². The number of para-hydroxylation sites is 1. The topological polar surface area (TPSA) is 81.7 Å². The molecule has 0 fully saturated rings. The minimum Gasteiger partial charge on any atom is -0.488 e. The monoisotopic (exact) mass is 389 g/mol. The maximum Gasteiger partial charge on any atom is 0.340 e. The summed E-state index contributed by atoms with van der Waals surface area (Å²) in [6, 6.07) is 11.2. The van der Waals surface area contributed by atoms with Gasteiger partial charge in [-0.25, -0.2) is 13.2 Å². The normalized spacial score (nSPS) is 15.4. The van der Waals surface area contributed by atoms with Gasteiger partial charge in [-0.2, -0.15) is 0 Å². The Morgan fingerprint density at radius 2 is 1.96 bits per heavy atom. The number of nitrogens with one attached hydrogen (secondary N) is 1. The summed E-state index contributed by atoms with van der Waals surface area (Å²) in [6.45, 7) is 5.92. The smallest absolute Gasteiger partial charge is 0.340 e. The van der Waals surface area contributed by atoms with Gasteiger partial charge >= 0.3 is 5.97 Å². The van der Waals surface area contributed by atoms with Crippen LogP contribution in [0.5, 0.6) is 5.75 Å². The SMILES string of the molecule is CCOC(=O)c1ccccc1NS(=O)(=O)c1ccc2c(c1)CCC(C)(C)O2. The van der Waals surface area contributed by atoms with Crippen LogP contribution in [0.3, 0.4) is 0 Å². The third kappa shape index (κ3) is 4.24. The van der Waals surface area contributed by atoms with Gasteiger partial charge in [-0.1, -0.05) is 12.1 Å². The number of aryl methyl sites for hydroxylation is 1. The van der Waals surface area contributed by atoms with Crippen molar-refractivity contribution in [3.63, 3.8) is 0 Å². The summed E-state index contributed by atoms with van der Waals surface area (Å²) in [7, 11) is -3.86. The number of fused-ring (bicyclic) bond motifs is 1. The highest BCUT2D eigenvalue weighted by Gasteiger charge is 2.28. The summed E-state index contributed by atoms with van der Waals surface area (Å²) < 4.78 is 39.1. The molecule has 144 valence electrons. The first-order valence-corrected chi connectivity index (χ1v) is 10.3. The first kappa shape index (κ1) is 19.2. The second kappa shape index (κ2) is 7.23. The van der Waals surface area contributed by atoms with Crippen molar-refractivity contribution >= 4 is 21.7 Å². The summed E-state index contributed by atoms with van der Waals surface area (Å²) in [5, 5.41) is 0. The Kier molecular flexibility index (Phi) is 5.15. The number of esters is 1. The first-order valence-electron chi connectivity index (χ1n) is 8.83. The second-order valence-corrected chi connectivity index (χ2v) is 8.69. The van der Waals surface area contributed by atoms with E-state index < -0.39 is 16.0 Å². The number of rotatable bonds is 5. The molecular formula is C20H23NO5S. The highest BCUT2D eigenvalue weighted by atomic mass is 32.2. The van der Waals surface area contributed by atoms with E-state index in [9.17, 15) is 13.2 Å². The van der Waals surface area contributed by atoms with Crippen LogP contribution in [-0.4, -0.2) is 26.6 Å². The molecule has 0 amide bonds. The molecule has 1 heterocycles. The highest BCUT2D eigenvalue weighted by Crippen LogP contribution is 2.34. The van der Waals surface area contributed by atoms with Crippen molar-refractivity contribution in [3.8, 4) is 5.75 Å². The fourth-order valence-electron chi connectivity index (χ4n) is 2.96. The molecule has 0 saturated heterocycles. The van der Waals surface area contributed by atoms with Gasteiger partial charge in [0.05, 0.1) is 22.8 Å². The van der Waals surface area contributed by atoms with Crippen LogP contribution in [0.25, 0.3) is 0 Å². The molecule has 2 aromatic carbocycles. The minimum absolute atomic E-state index is 0.128. The van der Waals surface area contributed by atoms with E-state index in [1.807, 2.05) is 13.8 Å². The number of anilines is 1. The van der Waals surface area contributed by atoms with E-state index in [0.717, 1.165) is 18.4 Å². The number of sulfonamides is 1.